The van der Waals surface area contributed by atoms with E-state index in [0.717, 1.165) is 0 Å². The average Bonchev–Trinajstić information content (AvgIpc) is 2.37. The van der Waals surface area contributed by atoms with Gasteiger partial charge in [-0.05, 0) is 32.6 Å². The molecule has 1 aliphatic rings. The van der Waals surface area contributed by atoms with Gasteiger partial charge in [-0.25, -0.2) is 0 Å². The highest BCUT2D eigenvalue weighted by Crippen LogP contribution is 2.54. The molecule has 2 unspecified atom stereocenters. The standard InChI is InChI=1S/C11H17Cl/c1-8-9(2)11(8,12)7-6-10(3,4)5/h8-9H,1-5H3. The number of halogens is 1. The second kappa shape index (κ2) is 2.67. The first-order valence-corrected chi connectivity index (χ1v) is 4.88. The minimum atomic E-state index is -0.215. The fraction of sp³-hybridized carbons (Fsp3) is 0.818. The average molecular weight is 185 g/mol. The maximum atomic E-state index is 6.28. The molecule has 1 rings (SSSR count). The van der Waals surface area contributed by atoms with Gasteiger partial charge in [-0.3, -0.25) is 0 Å². The Labute approximate surface area is 80.7 Å². The highest BCUT2D eigenvalue weighted by molar-refractivity contribution is 6.28. The minimum Gasteiger partial charge on any atom is -0.104 e. The summed E-state index contributed by atoms with van der Waals surface area (Å²) in [7, 11) is 0. The van der Waals surface area contributed by atoms with Crippen LogP contribution in [0.2, 0.25) is 0 Å². The molecule has 0 nitrogen and oxygen atoms in total. The first kappa shape index (κ1) is 9.93. The number of alkyl halides is 1. The van der Waals surface area contributed by atoms with Crippen molar-refractivity contribution in [1.82, 2.24) is 0 Å². The number of rotatable bonds is 0. The Bertz CT molecular complexity index is 228. The van der Waals surface area contributed by atoms with E-state index in [1.165, 1.54) is 0 Å². The second-order valence-electron chi connectivity index (χ2n) is 4.85. The Kier molecular flexibility index (Phi) is 2.21. The van der Waals surface area contributed by atoms with Crippen LogP contribution in [0.5, 0.6) is 0 Å². The van der Waals surface area contributed by atoms with Crippen LogP contribution in [0.15, 0.2) is 0 Å². The van der Waals surface area contributed by atoms with Crippen LogP contribution in [0.25, 0.3) is 0 Å². The van der Waals surface area contributed by atoms with E-state index in [1.807, 2.05) is 0 Å². The van der Waals surface area contributed by atoms with Gasteiger partial charge in [-0.1, -0.05) is 25.7 Å². The van der Waals surface area contributed by atoms with Crippen LogP contribution in [0.1, 0.15) is 34.6 Å². The topological polar surface area (TPSA) is 0 Å². The zero-order valence-electron chi connectivity index (χ0n) is 8.53. The van der Waals surface area contributed by atoms with E-state index in [-0.39, 0.29) is 10.3 Å². The van der Waals surface area contributed by atoms with Crippen LogP contribution in [0.4, 0.5) is 0 Å². The van der Waals surface area contributed by atoms with E-state index in [0.29, 0.717) is 11.8 Å². The van der Waals surface area contributed by atoms with Crippen LogP contribution >= 0.6 is 11.6 Å². The third-order valence-electron chi connectivity index (χ3n) is 2.60. The Morgan fingerprint density at radius 2 is 1.58 bits per heavy atom. The Hall–Kier alpha value is -0.150. The largest absolute Gasteiger partial charge is 0.111 e. The number of hydrogen-bond acceptors (Lipinski definition) is 0. The van der Waals surface area contributed by atoms with Crippen molar-refractivity contribution >= 4 is 11.6 Å². The fourth-order valence-corrected chi connectivity index (χ4v) is 1.60. The predicted octanol–water partition coefficient (Wildman–Crippen LogP) is 3.30. The van der Waals surface area contributed by atoms with E-state index in [1.54, 1.807) is 0 Å². The molecule has 0 spiro atoms. The van der Waals surface area contributed by atoms with Gasteiger partial charge in [0.25, 0.3) is 0 Å². The fourth-order valence-electron chi connectivity index (χ4n) is 1.24. The van der Waals surface area contributed by atoms with Gasteiger partial charge in [0.2, 0.25) is 0 Å². The molecule has 1 heteroatoms. The van der Waals surface area contributed by atoms with Gasteiger partial charge in [-0.2, -0.15) is 0 Å². The van der Waals surface area contributed by atoms with Gasteiger partial charge in [-0.15, -0.1) is 11.6 Å². The van der Waals surface area contributed by atoms with Crippen LogP contribution in [-0.4, -0.2) is 4.87 Å². The summed E-state index contributed by atoms with van der Waals surface area (Å²) in [6.07, 6.45) is 0. The third-order valence-corrected chi connectivity index (χ3v) is 3.38. The summed E-state index contributed by atoms with van der Waals surface area (Å²) in [6.45, 7) is 10.7. The molecule has 68 valence electrons. The Balaban J connectivity index is 2.69. The summed E-state index contributed by atoms with van der Waals surface area (Å²) in [5.74, 6) is 7.49. The normalized spacial score (nSPS) is 40.2. The molecule has 1 aliphatic carbocycles. The molecule has 0 aromatic carbocycles. The summed E-state index contributed by atoms with van der Waals surface area (Å²) in [5.41, 5.74) is 0.0733. The molecular formula is C11H17Cl. The molecule has 0 aromatic rings. The van der Waals surface area contributed by atoms with E-state index < -0.39 is 0 Å². The molecule has 1 saturated carbocycles. The summed E-state index contributed by atoms with van der Waals surface area (Å²) in [5, 5.41) is 0. The number of hydrogen-bond donors (Lipinski definition) is 0. The van der Waals surface area contributed by atoms with E-state index >= 15 is 0 Å². The van der Waals surface area contributed by atoms with Crippen molar-refractivity contribution in [2.24, 2.45) is 17.3 Å². The monoisotopic (exact) mass is 184 g/mol. The lowest BCUT2D eigenvalue weighted by atomic mass is 9.97. The SMILES string of the molecule is CC1C(C)C1(Cl)C#CC(C)(C)C. The molecular weight excluding hydrogens is 168 g/mol. The molecule has 1 fully saturated rings. The van der Waals surface area contributed by atoms with Crippen molar-refractivity contribution in [3.63, 3.8) is 0 Å². The molecule has 0 amide bonds. The van der Waals surface area contributed by atoms with Crippen molar-refractivity contribution in [3.8, 4) is 11.8 Å². The predicted molar refractivity (Wildman–Crippen MR) is 54.1 cm³/mol. The highest BCUT2D eigenvalue weighted by Gasteiger charge is 2.57. The maximum absolute atomic E-state index is 6.28. The van der Waals surface area contributed by atoms with Gasteiger partial charge in [0.05, 0.1) is 0 Å². The van der Waals surface area contributed by atoms with Gasteiger partial charge >= 0.3 is 0 Å². The van der Waals surface area contributed by atoms with Crippen LogP contribution in [0, 0.1) is 29.1 Å². The molecule has 0 bridgehead atoms. The Morgan fingerprint density at radius 3 is 1.83 bits per heavy atom. The summed E-state index contributed by atoms with van der Waals surface area (Å²) < 4.78 is 0. The molecule has 0 aromatic heterocycles. The van der Waals surface area contributed by atoms with E-state index in [4.69, 9.17) is 11.6 Å². The maximum Gasteiger partial charge on any atom is 0.111 e. The van der Waals surface area contributed by atoms with Gasteiger partial charge < -0.3 is 0 Å². The van der Waals surface area contributed by atoms with Gasteiger partial charge in [0.15, 0.2) is 0 Å². The van der Waals surface area contributed by atoms with Crippen molar-refractivity contribution in [1.29, 1.82) is 0 Å². The van der Waals surface area contributed by atoms with Gasteiger partial charge in [0.1, 0.15) is 4.87 Å². The zero-order valence-corrected chi connectivity index (χ0v) is 9.29. The first-order valence-electron chi connectivity index (χ1n) is 4.50. The lowest BCUT2D eigenvalue weighted by Crippen LogP contribution is -2.04. The minimum absolute atomic E-state index is 0.0733. The smallest absolute Gasteiger partial charge is 0.104 e. The second-order valence-corrected chi connectivity index (χ2v) is 5.47. The summed E-state index contributed by atoms with van der Waals surface area (Å²) in [6, 6.07) is 0. The first-order chi connectivity index (χ1) is 5.27. The van der Waals surface area contributed by atoms with Crippen molar-refractivity contribution in [2.45, 2.75) is 39.5 Å². The highest BCUT2D eigenvalue weighted by atomic mass is 35.5. The Morgan fingerprint density at radius 1 is 1.17 bits per heavy atom. The van der Waals surface area contributed by atoms with Crippen molar-refractivity contribution < 1.29 is 0 Å². The van der Waals surface area contributed by atoms with Crippen LogP contribution < -0.4 is 0 Å². The quantitative estimate of drug-likeness (QED) is 0.400. The molecule has 12 heavy (non-hydrogen) atoms. The molecule has 0 heterocycles. The molecule has 0 aliphatic heterocycles. The van der Waals surface area contributed by atoms with Crippen LogP contribution in [-0.2, 0) is 0 Å². The van der Waals surface area contributed by atoms with E-state index in [2.05, 4.69) is 46.5 Å². The molecule has 2 atom stereocenters. The summed E-state index contributed by atoms with van der Waals surface area (Å²) in [4.78, 5) is -0.215. The molecule has 0 radical (unpaired) electrons. The molecule has 0 N–H and O–H groups in total. The third kappa shape index (κ3) is 1.77. The lowest BCUT2D eigenvalue weighted by molar-refractivity contribution is 0.570. The van der Waals surface area contributed by atoms with Crippen LogP contribution in [0.3, 0.4) is 0 Å². The van der Waals surface area contributed by atoms with E-state index in [9.17, 15) is 0 Å². The molecule has 0 saturated heterocycles. The van der Waals surface area contributed by atoms with Crippen molar-refractivity contribution in [2.75, 3.05) is 0 Å². The van der Waals surface area contributed by atoms with Gasteiger partial charge in [0, 0.05) is 5.41 Å². The van der Waals surface area contributed by atoms with Crippen molar-refractivity contribution in [3.05, 3.63) is 0 Å². The zero-order chi connectivity index (χ0) is 9.57. The lowest BCUT2D eigenvalue weighted by Gasteiger charge is -2.08. The summed E-state index contributed by atoms with van der Waals surface area (Å²) >= 11 is 6.28.